The summed E-state index contributed by atoms with van der Waals surface area (Å²) >= 11 is 3.86. The van der Waals surface area contributed by atoms with Gasteiger partial charge in [0.1, 0.15) is 0 Å². The number of hydrogen-bond acceptors (Lipinski definition) is 2. The molecule has 0 bridgehead atoms. The normalized spacial score (nSPS) is 12.0. The molecule has 0 amide bonds. The van der Waals surface area contributed by atoms with Gasteiger partial charge in [-0.3, -0.25) is 0 Å². The van der Waals surface area contributed by atoms with Crippen molar-refractivity contribution in [2.24, 2.45) is 0 Å². The number of hydrogen-bond donors (Lipinski definition) is 0. The van der Waals surface area contributed by atoms with Crippen molar-refractivity contribution in [1.29, 1.82) is 0 Å². The summed E-state index contributed by atoms with van der Waals surface area (Å²) in [5.74, 6) is 0. The molecule has 7 aromatic carbocycles. The molecule has 0 fully saturated rings. The maximum absolute atomic E-state index is 2.49. The topological polar surface area (TPSA) is 0 Å². The third kappa shape index (κ3) is 3.06. The molecule has 0 saturated carbocycles. The van der Waals surface area contributed by atoms with E-state index in [1.54, 1.807) is 0 Å². The summed E-state index contributed by atoms with van der Waals surface area (Å²) in [6.45, 7) is 0. The molecule has 0 aliphatic carbocycles. The molecule has 2 heteroatoms. The quantitative estimate of drug-likeness (QED) is 0.191. The standard InChI is InChI=1S/C38H22S2/c1-2-12-23(13-3-1)34-25-15-4-6-17-27(25)35(28-18-7-5-16-26(28)34)31-22-30-24-14-8-10-20-32(24)39-37(30)36-29-19-9-11-21-33(29)40-38(31)36/h1-22H. The molecule has 0 aliphatic heterocycles. The van der Waals surface area contributed by atoms with Crippen molar-refractivity contribution in [3.63, 3.8) is 0 Å². The molecule has 2 aromatic heterocycles. The van der Waals surface area contributed by atoms with Crippen LogP contribution in [0.25, 0.3) is 84.1 Å². The summed E-state index contributed by atoms with van der Waals surface area (Å²) in [4.78, 5) is 0. The average Bonchev–Trinajstić information content (AvgIpc) is 3.59. The predicted octanol–water partition coefficient (Wildman–Crippen LogP) is 12.1. The van der Waals surface area contributed by atoms with E-state index in [1.807, 2.05) is 22.7 Å². The van der Waals surface area contributed by atoms with E-state index in [-0.39, 0.29) is 0 Å². The van der Waals surface area contributed by atoms with Gasteiger partial charge in [0.05, 0.1) is 0 Å². The molecule has 186 valence electrons. The average molecular weight is 543 g/mol. The highest BCUT2D eigenvalue weighted by molar-refractivity contribution is 7.30. The Bertz CT molecular complexity index is 2370. The van der Waals surface area contributed by atoms with Gasteiger partial charge in [-0.2, -0.15) is 0 Å². The summed E-state index contributed by atoms with van der Waals surface area (Å²) in [5, 5.41) is 10.7. The SMILES string of the molecule is c1ccc(-c2c3ccccc3c(-c3cc4c5ccccc5sc4c4c3sc3ccccc34)c3ccccc23)cc1. The molecule has 0 spiro atoms. The Morgan fingerprint density at radius 3 is 1.48 bits per heavy atom. The van der Waals surface area contributed by atoms with Crippen LogP contribution in [0.3, 0.4) is 0 Å². The highest BCUT2D eigenvalue weighted by atomic mass is 32.1. The van der Waals surface area contributed by atoms with Crippen LogP contribution in [0, 0.1) is 0 Å². The van der Waals surface area contributed by atoms with Gasteiger partial charge in [0.25, 0.3) is 0 Å². The molecular formula is C38H22S2. The minimum atomic E-state index is 1.26. The molecule has 0 aliphatic rings. The van der Waals surface area contributed by atoms with E-state index in [1.165, 1.54) is 84.1 Å². The maximum Gasteiger partial charge on any atom is 0.0449 e. The van der Waals surface area contributed by atoms with Crippen LogP contribution in [0.2, 0.25) is 0 Å². The molecule has 0 saturated heterocycles. The minimum Gasteiger partial charge on any atom is -0.134 e. The molecule has 9 aromatic rings. The molecule has 0 unspecified atom stereocenters. The van der Waals surface area contributed by atoms with Gasteiger partial charge in [-0.1, -0.05) is 115 Å². The van der Waals surface area contributed by atoms with Gasteiger partial charge in [-0.05, 0) is 56.4 Å². The lowest BCUT2D eigenvalue weighted by Gasteiger charge is -2.18. The van der Waals surface area contributed by atoms with E-state index in [2.05, 4.69) is 133 Å². The largest absolute Gasteiger partial charge is 0.134 e. The summed E-state index contributed by atoms with van der Waals surface area (Å²) < 4.78 is 5.47. The Balaban J connectivity index is 1.54. The van der Waals surface area contributed by atoms with Crippen molar-refractivity contribution < 1.29 is 0 Å². The molecule has 0 atom stereocenters. The van der Waals surface area contributed by atoms with E-state index in [4.69, 9.17) is 0 Å². The van der Waals surface area contributed by atoms with Crippen LogP contribution >= 0.6 is 22.7 Å². The summed E-state index contributed by atoms with van der Waals surface area (Å²) in [7, 11) is 0. The first-order valence-corrected chi connectivity index (χ1v) is 15.2. The number of benzene rings is 7. The van der Waals surface area contributed by atoms with Crippen LogP contribution < -0.4 is 0 Å². The molecule has 2 heterocycles. The van der Waals surface area contributed by atoms with Crippen LogP contribution in [0.5, 0.6) is 0 Å². The number of thiophene rings is 2. The second-order valence-electron chi connectivity index (χ2n) is 10.4. The van der Waals surface area contributed by atoms with Gasteiger partial charge in [0.2, 0.25) is 0 Å². The zero-order valence-electron chi connectivity index (χ0n) is 21.5. The number of fused-ring (bicyclic) bond motifs is 9. The second kappa shape index (κ2) is 8.50. The van der Waals surface area contributed by atoms with E-state index >= 15 is 0 Å². The molecule has 0 nitrogen and oxygen atoms in total. The van der Waals surface area contributed by atoms with Crippen LogP contribution in [0.4, 0.5) is 0 Å². The lowest BCUT2D eigenvalue weighted by Crippen LogP contribution is -1.91. The van der Waals surface area contributed by atoms with Crippen molar-refractivity contribution in [3.8, 4) is 22.3 Å². The smallest absolute Gasteiger partial charge is 0.0449 e. The lowest BCUT2D eigenvalue weighted by atomic mass is 9.85. The second-order valence-corrected chi connectivity index (χ2v) is 12.5. The highest BCUT2D eigenvalue weighted by Crippen LogP contribution is 2.52. The van der Waals surface area contributed by atoms with Gasteiger partial charge in [0, 0.05) is 45.9 Å². The Kier molecular flexibility index (Phi) is 4.74. The zero-order valence-corrected chi connectivity index (χ0v) is 23.2. The molecule has 0 N–H and O–H groups in total. The zero-order chi connectivity index (χ0) is 26.2. The molecule has 0 radical (unpaired) electrons. The maximum atomic E-state index is 2.49. The first-order valence-electron chi connectivity index (χ1n) is 13.6. The van der Waals surface area contributed by atoms with E-state index in [9.17, 15) is 0 Å². The first kappa shape index (κ1) is 22.3. The fourth-order valence-electron chi connectivity index (χ4n) is 6.58. The molecular weight excluding hydrogens is 521 g/mol. The highest BCUT2D eigenvalue weighted by Gasteiger charge is 2.22. The van der Waals surface area contributed by atoms with Crippen molar-refractivity contribution in [2.45, 2.75) is 0 Å². The van der Waals surface area contributed by atoms with Gasteiger partial charge in [-0.15, -0.1) is 22.7 Å². The Hall–Kier alpha value is -4.50. The predicted molar refractivity (Wildman–Crippen MR) is 178 cm³/mol. The van der Waals surface area contributed by atoms with Gasteiger partial charge in [0.15, 0.2) is 0 Å². The van der Waals surface area contributed by atoms with Crippen LogP contribution in [0.1, 0.15) is 0 Å². The fraction of sp³-hybridized carbons (Fsp3) is 0. The van der Waals surface area contributed by atoms with Crippen LogP contribution in [-0.4, -0.2) is 0 Å². The third-order valence-corrected chi connectivity index (χ3v) is 10.7. The van der Waals surface area contributed by atoms with Gasteiger partial charge in [-0.25, -0.2) is 0 Å². The fourth-order valence-corrected chi connectivity index (χ4v) is 9.13. The van der Waals surface area contributed by atoms with Gasteiger partial charge < -0.3 is 0 Å². The molecule has 9 rings (SSSR count). The van der Waals surface area contributed by atoms with Crippen molar-refractivity contribution >= 4 is 84.6 Å². The summed E-state index contributed by atoms with van der Waals surface area (Å²) in [5.41, 5.74) is 5.23. The monoisotopic (exact) mass is 542 g/mol. The minimum absolute atomic E-state index is 1.26. The summed E-state index contributed by atoms with van der Waals surface area (Å²) in [6, 6.07) is 49.1. The Labute approximate surface area is 239 Å². The Morgan fingerprint density at radius 1 is 0.350 bits per heavy atom. The van der Waals surface area contributed by atoms with Crippen LogP contribution in [-0.2, 0) is 0 Å². The first-order chi connectivity index (χ1) is 19.9. The lowest BCUT2D eigenvalue weighted by molar-refractivity contribution is 1.67. The van der Waals surface area contributed by atoms with E-state index in [0.29, 0.717) is 0 Å². The third-order valence-electron chi connectivity index (χ3n) is 8.25. The summed E-state index contributed by atoms with van der Waals surface area (Å²) in [6.07, 6.45) is 0. The van der Waals surface area contributed by atoms with Gasteiger partial charge >= 0.3 is 0 Å². The number of rotatable bonds is 2. The van der Waals surface area contributed by atoms with E-state index in [0.717, 1.165) is 0 Å². The van der Waals surface area contributed by atoms with E-state index < -0.39 is 0 Å². The van der Waals surface area contributed by atoms with Crippen molar-refractivity contribution in [3.05, 3.63) is 133 Å². The van der Waals surface area contributed by atoms with Crippen LogP contribution in [0.15, 0.2) is 133 Å². The molecule has 40 heavy (non-hydrogen) atoms. The van der Waals surface area contributed by atoms with Crippen molar-refractivity contribution in [1.82, 2.24) is 0 Å². The Morgan fingerprint density at radius 2 is 0.825 bits per heavy atom. The van der Waals surface area contributed by atoms with Crippen molar-refractivity contribution in [2.75, 3.05) is 0 Å².